The molecule has 0 unspecified atom stereocenters. The molecule has 33 heavy (non-hydrogen) atoms. The predicted octanol–water partition coefficient (Wildman–Crippen LogP) is 3.80. The lowest BCUT2D eigenvalue weighted by atomic mass is 10.1. The van der Waals surface area contributed by atoms with E-state index in [0.717, 1.165) is 33.0 Å². The molecule has 0 radical (unpaired) electrons. The number of fused-ring (bicyclic) bond motifs is 2. The summed E-state index contributed by atoms with van der Waals surface area (Å²) >= 11 is 0. The Bertz CT molecular complexity index is 1440. The molecule has 5 aromatic rings. The minimum atomic E-state index is -0.337. The summed E-state index contributed by atoms with van der Waals surface area (Å²) in [5.74, 6) is -0.569. The van der Waals surface area contributed by atoms with Gasteiger partial charge >= 0.3 is 0 Å². The van der Waals surface area contributed by atoms with Gasteiger partial charge in [-0.2, -0.15) is 0 Å². The molecule has 0 bridgehead atoms. The third kappa shape index (κ3) is 4.34. The van der Waals surface area contributed by atoms with Crippen LogP contribution in [0, 0.1) is 0 Å². The molecule has 0 fully saturated rings. The molecule has 2 aromatic carbocycles. The highest BCUT2D eigenvalue weighted by molar-refractivity contribution is 6.02. The van der Waals surface area contributed by atoms with Crippen molar-refractivity contribution in [1.29, 1.82) is 0 Å². The number of carbonyl (C=O) groups excluding carboxylic acids is 2. The summed E-state index contributed by atoms with van der Waals surface area (Å²) in [6.07, 6.45) is 6.07. The first-order valence-electron chi connectivity index (χ1n) is 10.8. The third-order valence-electron chi connectivity index (χ3n) is 5.68. The quantitative estimate of drug-likeness (QED) is 0.311. The number of aromatic nitrogens is 3. The molecule has 0 saturated carbocycles. The van der Waals surface area contributed by atoms with E-state index in [1.54, 1.807) is 6.07 Å². The molecule has 7 nitrogen and oxygen atoms in total. The summed E-state index contributed by atoms with van der Waals surface area (Å²) < 4.78 is 0. The number of nitrogens with one attached hydrogen (secondary N) is 4. The first-order chi connectivity index (χ1) is 16.2. The Morgan fingerprint density at radius 2 is 1.70 bits per heavy atom. The van der Waals surface area contributed by atoms with E-state index >= 15 is 0 Å². The molecule has 0 saturated heterocycles. The fourth-order valence-corrected chi connectivity index (χ4v) is 3.98. The highest BCUT2D eigenvalue weighted by Gasteiger charge is 2.13. The van der Waals surface area contributed by atoms with Crippen LogP contribution in [0.25, 0.3) is 33.1 Å². The number of carbonyl (C=O) groups is 2. The van der Waals surface area contributed by atoms with Gasteiger partial charge in [-0.3, -0.25) is 9.59 Å². The molecule has 7 heteroatoms. The van der Waals surface area contributed by atoms with Crippen molar-refractivity contribution in [2.24, 2.45) is 0 Å². The molecular formula is C26H23N5O2. The van der Waals surface area contributed by atoms with Gasteiger partial charge in [-0.05, 0) is 29.7 Å². The number of hydrogen-bond donors (Lipinski definition) is 4. The van der Waals surface area contributed by atoms with Gasteiger partial charge in [0, 0.05) is 47.0 Å². The maximum absolute atomic E-state index is 12.6. The molecule has 5 rings (SSSR count). The zero-order valence-electron chi connectivity index (χ0n) is 17.9. The monoisotopic (exact) mass is 437 g/mol. The van der Waals surface area contributed by atoms with E-state index in [1.165, 1.54) is 6.20 Å². The van der Waals surface area contributed by atoms with E-state index in [0.29, 0.717) is 24.2 Å². The van der Waals surface area contributed by atoms with Gasteiger partial charge in [0.1, 0.15) is 5.65 Å². The molecular weight excluding hydrogens is 414 g/mol. The van der Waals surface area contributed by atoms with Gasteiger partial charge in [-0.25, -0.2) is 4.98 Å². The molecule has 0 spiro atoms. The van der Waals surface area contributed by atoms with Crippen molar-refractivity contribution in [3.8, 4) is 11.1 Å². The predicted molar refractivity (Wildman–Crippen MR) is 129 cm³/mol. The van der Waals surface area contributed by atoms with Gasteiger partial charge in [-0.15, -0.1) is 0 Å². The van der Waals surface area contributed by atoms with Gasteiger partial charge in [0.05, 0.1) is 12.1 Å². The fraction of sp³-hybridized carbons (Fsp3) is 0.115. The van der Waals surface area contributed by atoms with Gasteiger partial charge in [0.15, 0.2) is 0 Å². The van der Waals surface area contributed by atoms with Crippen molar-refractivity contribution in [2.75, 3.05) is 13.1 Å². The van der Waals surface area contributed by atoms with Crippen molar-refractivity contribution in [2.45, 2.75) is 6.42 Å². The zero-order chi connectivity index (χ0) is 22.6. The Balaban J connectivity index is 1.18. The number of H-pyrrole nitrogens is 2. The second-order valence-electron chi connectivity index (χ2n) is 7.83. The van der Waals surface area contributed by atoms with Crippen LogP contribution in [0.15, 0.2) is 79.3 Å². The Kier molecular flexibility index (Phi) is 5.59. The van der Waals surface area contributed by atoms with Crippen LogP contribution in [-0.4, -0.2) is 39.9 Å². The van der Waals surface area contributed by atoms with E-state index in [9.17, 15) is 9.59 Å². The van der Waals surface area contributed by atoms with E-state index in [4.69, 9.17) is 0 Å². The Hall–Kier alpha value is -4.39. The van der Waals surface area contributed by atoms with Crippen molar-refractivity contribution < 1.29 is 9.59 Å². The standard InChI is InChI=1S/C26H23N5O2/c32-24(27-11-10-18-13-28-23-9-5-4-8-20(18)23)16-31-26(33)19-12-21-22(15-30-25(21)29-14-19)17-6-2-1-3-7-17/h1-9,12-15,28H,10-11,16H2,(H,27,32)(H,29,30)(H,31,33). The SMILES string of the molecule is O=C(CNC(=O)c1cnc2[nH]cc(-c3ccccc3)c2c1)NCCc1c[nH]c2ccccc12. The van der Waals surface area contributed by atoms with E-state index in [-0.39, 0.29) is 18.4 Å². The maximum Gasteiger partial charge on any atom is 0.253 e. The number of benzene rings is 2. The number of nitrogens with zero attached hydrogens (tertiary/aromatic N) is 1. The van der Waals surface area contributed by atoms with Crippen LogP contribution in [-0.2, 0) is 11.2 Å². The van der Waals surface area contributed by atoms with E-state index < -0.39 is 0 Å². The number of hydrogen-bond acceptors (Lipinski definition) is 3. The number of amides is 2. The molecule has 0 aliphatic rings. The molecule has 3 aromatic heterocycles. The normalized spacial score (nSPS) is 11.0. The Morgan fingerprint density at radius 1 is 0.879 bits per heavy atom. The number of rotatable bonds is 7. The van der Waals surface area contributed by atoms with Crippen molar-refractivity contribution in [3.05, 3.63) is 90.4 Å². The molecule has 0 aliphatic carbocycles. The fourth-order valence-electron chi connectivity index (χ4n) is 3.98. The lowest BCUT2D eigenvalue weighted by Gasteiger charge is -2.07. The third-order valence-corrected chi connectivity index (χ3v) is 5.68. The summed E-state index contributed by atoms with van der Waals surface area (Å²) in [6.45, 7) is 0.400. The van der Waals surface area contributed by atoms with Crippen molar-refractivity contribution >= 4 is 33.8 Å². The minimum Gasteiger partial charge on any atom is -0.361 e. The number of aromatic amines is 2. The Labute approximate surface area is 190 Å². The summed E-state index contributed by atoms with van der Waals surface area (Å²) in [7, 11) is 0. The lowest BCUT2D eigenvalue weighted by Crippen LogP contribution is -2.37. The van der Waals surface area contributed by atoms with Crippen LogP contribution in [0.5, 0.6) is 0 Å². The summed E-state index contributed by atoms with van der Waals surface area (Å²) in [4.78, 5) is 35.6. The highest BCUT2D eigenvalue weighted by Crippen LogP contribution is 2.28. The molecule has 0 aliphatic heterocycles. The smallest absolute Gasteiger partial charge is 0.253 e. The van der Waals surface area contributed by atoms with Crippen molar-refractivity contribution in [3.63, 3.8) is 0 Å². The summed E-state index contributed by atoms with van der Waals surface area (Å²) in [6, 6.07) is 19.8. The van der Waals surface area contributed by atoms with Crippen LogP contribution >= 0.6 is 0 Å². The lowest BCUT2D eigenvalue weighted by molar-refractivity contribution is -0.120. The molecule has 0 atom stereocenters. The first kappa shape index (κ1) is 20.5. The largest absolute Gasteiger partial charge is 0.361 e. The Morgan fingerprint density at radius 3 is 2.58 bits per heavy atom. The van der Waals surface area contributed by atoms with Gasteiger partial charge in [0.25, 0.3) is 5.91 Å². The first-order valence-corrected chi connectivity index (χ1v) is 10.8. The second-order valence-corrected chi connectivity index (χ2v) is 7.83. The number of para-hydroxylation sites is 1. The summed E-state index contributed by atoms with van der Waals surface area (Å²) in [5, 5.41) is 7.55. The van der Waals surface area contributed by atoms with Crippen LogP contribution in [0.3, 0.4) is 0 Å². The zero-order valence-corrected chi connectivity index (χ0v) is 17.9. The van der Waals surface area contributed by atoms with Crippen molar-refractivity contribution in [1.82, 2.24) is 25.6 Å². The molecule has 2 amide bonds. The average Bonchev–Trinajstić information content (AvgIpc) is 3.47. The number of pyridine rings is 1. The molecule has 4 N–H and O–H groups in total. The van der Waals surface area contributed by atoms with E-state index in [2.05, 4.69) is 31.7 Å². The highest BCUT2D eigenvalue weighted by atomic mass is 16.2. The topological polar surface area (TPSA) is 103 Å². The molecule has 164 valence electrons. The van der Waals surface area contributed by atoms with Crippen LogP contribution < -0.4 is 10.6 Å². The van der Waals surface area contributed by atoms with Crippen LogP contribution in [0.1, 0.15) is 15.9 Å². The van der Waals surface area contributed by atoms with Gasteiger partial charge in [-0.1, -0.05) is 48.5 Å². The second kappa shape index (κ2) is 9.00. The molecule has 3 heterocycles. The van der Waals surface area contributed by atoms with Crippen LogP contribution in [0.4, 0.5) is 0 Å². The maximum atomic E-state index is 12.6. The minimum absolute atomic E-state index is 0.0938. The van der Waals surface area contributed by atoms with Gasteiger partial charge < -0.3 is 20.6 Å². The van der Waals surface area contributed by atoms with E-state index in [1.807, 2.05) is 60.9 Å². The average molecular weight is 438 g/mol. The summed E-state index contributed by atoms with van der Waals surface area (Å²) in [5.41, 5.74) is 5.36. The van der Waals surface area contributed by atoms with Gasteiger partial charge in [0.2, 0.25) is 5.91 Å². The van der Waals surface area contributed by atoms with Crippen LogP contribution in [0.2, 0.25) is 0 Å².